The highest BCUT2D eigenvalue weighted by atomic mass is 19.1. The minimum Gasteiger partial charge on any atom is -0.328 e. The number of hydrogen-bond acceptors (Lipinski definition) is 5. The van der Waals surface area contributed by atoms with Gasteiger partial charge in [0.15, 0.2) is 0 Å². The van der Waals surface area contributed by atoms with Crippen molar-refractivity contribution in [2.75, 3.05) is 5.32 Å². The number of aromatic nitrogens is 4. The molecule has 0 fully saturated rings. The van der Waals surface area contributed by atoms with Gasteiger partial charge in [0, 0.05) is 12.5 Å². The number of halogens is 1. The van der Waals surface area contributed by atoms with Crippen LogP contribution in [-0.4, -0.2) is 32.2 Å². The molecule has 2 rings (SSSR count). The molecule has 112 valence electrons. The number of rotatable bonds is 6. The van der Waals surface area contributed by atoms with Gasteiger partial charge in [-0.15, -0.1) is 5.10 Å². The summed E-state index contributed by atoms with van der Waals surface area (Å²) in [6, 6.07) is 4.32. The maximum atomic E-state index is 13.7. The van der Waals surface area contributed by atoms with E-state index in [1.165, 1.54) is 29.2 Å². The van der Waals surface area contributed by atoms with E-state index in [1.807, 2.05) is 6.92 Å². The molecule has 0 aliphatic rings. The summed E-state index contributed by atoms with van der Waals surface area (Å²) in [6.45, 7) is 1.88. The van der Waals surface area contributed by atoms with Crippen molar-refractivity contribution in [3.63, 3.8) is 0 Å². The van der Waals surface area contributed by atoms with Crippen LogP contribution in [0.2, 0.25) is 0 Å². The zero-order valence-corrected chi connectivity index (χ0v) is 11.7. The van der Waals surface area contributed by atoms with Crippen molar-refractivity contribution in [1.82, 2.24) is 20.2 Å². The van der Waals surface area contributed by atoms with Crippen LogP contribution in [-0.2, 0) is 4.79 Å². The number of anilines is 1. The zero-order chi connectivity index (χ0) is 15.2. The van der Waals surface area contributed by atoms with Gasteiger partial charge in [-0.3, -0.25) is 4.79 Å². The van der Waals surface area contributed by atoms with Crippen LogP contribution in [0.5, 0.6) is 0 Å². The Morgan fingerprint density at radius 2 is 2.33 bits per heavy atom. The van der Waals surface area contributed by atoms with Crippen LogP contribution in [0.4, 0.5) is 10.1 Å². The Morgan fingerprint density at radius 3 is 3.00 bits per heavy atom. The zero-order valence-electron chi connectivity index (χ0n) is 11.7. The van der Waals surface area contributed by atoms with Gasteiger partial charge in [-0.25, -0.2) is 9.07 Å². The topological polar surface area (TPSA) is 98.7 Å². The number of hydrogen-bond donors (Lipinski definition) is 2. The van der Waals surface area contributed by atoms with E-state index >= 15 is 0 Å². The number of carbonyl (C=O) groups is 1. The third-order valence-electron chi connectivity index (χ3n) is 2.90. The van der Waals surface area contributed by atoms with E-state index in [0.717, 1.165) is 6.42 Å². The van der Waals surface area contributed by atoms with E-state index in [-0.39, 0.29) is 17.6 Å². The smallest absolute Gasteiger partial charge is 0.224 e. The first-order valence-corrected chi connectivity index (χ1v) is 6.64. The van der Waals surface area contributed by atoms with Crippen LogP contribution in [0.1, 0.15) is 26.2 Å². The summed E-state index contributed by atoms with van der Waals surface area (Å²) < 4.78 is 15.1. The van der Waals surface area contributed by atoms with E-state index in [0.29, 0.717) is 18.5 Å². The summed E-state index contributed by atoms with van der Waals surface area (Å²) in [5, 5.41) is 13.3. The molecule has 1 aromatic heterocycles. The summed E-state index contributed by atoms with van der Waals surface area (Å²) in [5.41, 5.74) is 6.28. The first kappa shape index (κ1) is 15.0. The summed E-state index contributed by atoms with van der Waals surface area (Å²) >= 11 is 0. The highest BCUT2D eigenvalue weighted by Crippen LogP contribution is 2.18. The molecule has 1 amide bonds. The van der Waals surface area contributed by atoms with Gasteiger partial charge in [0.05, 0.1) is 11.4 Å². The number of nitrogens with zero attached hydrogens (tertiary/aromatic N) is 4. The molecule has 1 aromatic carbocycles. The molecule has 0 bridgehead atoms. The minimum absolute atomic E-state index is 0.0534. The number of benzene rings is 1. The fourth-order valence-electron chi connectivity index (χ4n) is 1.83. The van der Waals surface area contributed by atoms with Crippen molar-refractivity contribution < 1.29 is 9.18 Å². The van der Waals surface area contributed by atoms with Gasteiger partial charge in [0.1, 0.15) is 12.1 Å². The number of nitrogens with two attached hydrogens (primary N) is 1. The average molecular weight is 292 g/mol. The predicted molar refractivity (Wildman–Crippen MR) is 75.2 cm³/mol. The SMILES string of the molecule is CC(N)CCCC(=O)Nc1cc(-n2cnnn2)ccc1F. The highest BCUT2D eigenvalue weighted by molar-refractivity contribution is 5.91. The van der Waals surface area contributed by atoms with E-state index < -0.39 is 5.82 Å². The van der Waals surface area contributed by atoms with E-state index in [9.17, 15) is 9.18 Å². The number of amides is 1. The Bertz CT molecular complexity index is 599. The van der Waals surface area contributed by atoms with Gasteiger partial charge in [-0.05, 0) is 48.4 Å². The van der Waals surface area contributed by atoms with Crippen LogP contribution in [0, 0.1) is 5.82 Å². The predicted octanol–water partition coefficient (Wildman–Crippen LogP) is 1.26. The van der Waals surface area contributed by atoms with Gasteiger partial charge < -0.3 is 11.1 Å². The summed E-state index contributed by atoms with van der Waals surface area (Å²) in [7, 11) is 0. The van der Waals surface area contributed by atoms with E-state index in [2.05, 4.69) is 20.8 Å². The maximum absolute atomic E-state index is 13.7. The molecule has 0 spiro atoms. The molecule has 3 N–H and O–H groups in total. The molecule has 0 saturated heterocycles. The molecule has 1 unspecified atom stereocenters. The molecular formula is C13H17FN6O. The molecule has 8 heteroatoms. The van der Waals surface area contributed by atoms with Gasteiger partial charge in [0.2, 0.25) is 5.91 Å². The fraction of sp³-hybridized carbons (Fsp3) is 0.385. The average Bonchev–Trinajstić information content (AvgIpc) is 2.95. The number of nitrogens with one attached hydrogen (secondary N) is 1. The summed E-state index contributed by atoms with van der Waals surface area (Å²) in [6.07, 6.45) is 3.11. The molecule has 2 aromatic rings. The first-order chi connectivity index (χ1) is 10.1. The van der Waals surface area contributed by atoms with E-state index in [4.69, 9.17) is 5.73 Å². The lowest BCUT2D eigenvalue weighted by molar-refractivity contribution is -0.116. The number of carbonyl (C=O) groups excluding carboxylic acids is 1. The Hall–Kier alpha value is -2.35. The molecule has 0 radical (unpaired) electrons. The van der Waals surface area contributed by atoms with Crippen LogP contribution in [0.15, 0.2) is 24.5 Å². The van der Waals surface area contributed by atoms with Crippen molar-refractivity contribution >= 4 is 11.6 Å². The molecule has 1 heterocycles. The summed E-state index contributed by atoms with van der Waals surface area (Å²) in [4.78, 5) is 11.8. The quantitative estimate of drug-likeness (QED) is 0.835. The molecule has 7 nitrogen and oxygen atoms in total. The van der Waals surface area contributed by atoms with Crippen molar-refractivity contribution in [3.8, 4) is 5.69 Å². The van der Waals surface area contributed by atoms with Crippen molar-refractivity contribution in [3.05, 3.63) is 30.3 Å². The third kappa shape index (κ3) is 4.32. The lowest BCUT2D eigenvalue weighted by atomic mass is 10.1. The Labute approximate surface area is 121 Å². The van der Waals surface area contributed by atoms with Gasteiger partial charge in [0.25, 0.3) is 0 Å². The van der Waals surface area contributed by atoms with Crippen LogP contribution in [0.25, 0.3) is 5.69 Å². The largest absolute Gasteiger partial charge is 0.328 e. The van der Waals surface area contributed by atoms with Crippen molar-refractivity contribution in [2.24, 2.45) is 5.73 Å². The Balaban J connectivity index is 2.02. The molecule has 0 aliphatic carbocycles. The highest BCUT2D eigenvalue weighted by Gasteiger charge is 2.09. The fourth-order valence-corrected chi connectivity index (χ4v) is 1.83. The Morgan fingerprint density at radius 1 is 1.52 bits per heavy atom. The first-order valence-electron chi connectivity index (χ1n) is 6.64. The van der Waals surface area contributed by atoms with Gasteiger partial charge >= 0.3 is 0 Å². The van der Waals surface area contributed by atoms with Gasteiger partial charge in [-0.2, -0.15) is 0 Å². The molecule has 1 atom stereocenters. The lowest BCUT2D eigenvalue weighted by Gasteiger charge is -2.09. The monoisotopic (exact) mass is 292 g/mol. The summed E-state index contributed by atoms with van der Waals surface area (Å²) in [5.74, 6) is -0.754. The van der Waals surface area contributed by atoms with Crippen molar-refractivity contribution in [1.29, 1.82) is 0 Å². The molecule has 21 heavy (non-hydrogen) atoms. The minimum atomic E-state index is -0.507. The number of tetrazole rings is 1. The van der Waals surface area contributed by atoms with Crippen LogP contribution >= 0.6 is 0 Å². The standard InChI is InChI=1S/C13H17FN6O/c1-9(15)3-2-4-13(21)17-12-7-10(5-6-11(12)14)20-8-16-18-19-20/h5-9H,2-4,15H2,1H3,(H,17,21). The molecular weight excluding hydrogens is 275 g/mol. The lowest BCUT2D eigenvalue weighted by Crippen LogP contribution is -2.17. The Kier molecular flexibility index (Phi) is 4.94. The second kappa shape index (κ2) is 6.89. The van der Waals surface area contributed by atoms with Crippen LogP contribution in [0.3, 0.4) is 0 Å². The second-order valence-corrected chi connectivity index (χ2v) is 4.84. The third-order valence-corrected chi connectivity index (χ3v) is 2.90. The second-order valence-electron chi connectivity index (χ2n) is 4.84. The van der Waals surface area contributed by atoms with Gasteiger partial charge in [-0.1, -0.05) is 0 Å². The molecule has 0 aliphatic heterocycles. The maximum Gasteiger partial charge on any atom is 0.224 e. The normalized spacial score (nSPS) is 12.1. The van der Waals surface area contributed by atoms with E-state index in [1.54, 1.807) is 0 Å². The van der Waals surface area contributed by atoms with Crippen LogP contribution < -0.4 is 11.1 Å². The van der Waals surface area contributed by atoms with Crippen molar-refractivity contribution in [2.45, 2.75) is 32.2 Å². The molecule has 0 saturated carbocycles.